The van der Waals surface area contributed by atoms with Gasteiger partial charge in [-0.15, -0.1) is 0 Å². The molecule has 17 heavy (non-hydrogen) atoms. The van der Waals surface area contributed by atoms with Crippen LogP contribution in [0, 0.1) is 5.41 Å². The van der Waals surface area contributed by atoms with Crippen molar-refractivity contribution in [1.29, 1.82) is 5.41 Å². The predicted octanol–water partition coefficient (Wildman–Crippen LogP) is -0.195. The third-order valence-corrected chi connectivity index (χ3v) is 3.47. The number of sulfonamides is 1. The topological polar surface area (TPSA) is 114 Å². The number of nitrogens with one attached hydrogen (secondary N) is 2. The number of aromatic nitrogens is 2. The van der Waals surface area contributed by atoms with Crippen LogP contribution in [0.3, 0.4) is 0 Å². The molecule has 1 aromatic heterocycles. The molecule has 8 heteroatoms. The van der Waals surface area contributed by atoms with Crippen LogP contribution in [0.5, 0.6) is 0 Å². The van der Waals surface area contributed by atoms with Crippen molar-refractivity contribution in [3.05, 3.63) is 12.5 Å². The number of rotatable bonds is 7. The molecule has 0 fully saturated rings. The zero-order valence-corrected chi connectivity index (χ0v) is 10.5. The highest BCUT2D eigenvalue weighted by Crippen LogP contribution is 2.04. The maximum absolute atomic E-state index is 11.7. The summed E-state index contributed by atoms with van der Waals surface area (Å²) in [6, 6.07) is 0. The van der Waals surface area contributed by atoms with Crippen molar-refractivity contribution in [2.45, 2.75) is 24.3 Å². The Kier molecular flexibility index (Phi) is 4.64. The highest BCUT2D eigenvalue weighted by Gasteiger charge is 2.15. The molecular weight excluding hydrogens is 242 g/mol. The Morgan fingerprint density at radius 3 is 2.82 bits per heavy atom. The summed E-state index contributed by atoms with van der Waals surface area (Å²) < 4.78 is 27.4. The molecule has 0 spiro atoms. The average molecular weight is 259 g/mol. The second-order valence-electron chi connectivity index (χ2n) is 3.76. The van der Waals surface area contributed by atoms with E-state index in [9.17, 15) is 8.42 Å². The van der Waals surface area contributed by atoms with Gasteiger partial charge in [0.15, 0.2) is 5.03 Å². The largest absolute Gasteiger partial charge is 0.388 e. The van der Waals surface area contributed by atoms with Gasteiger partial charge in [-0.25, -0.2) is 18.1 Å². The Bertz CT molecular complexity index is 479. The molecule has 0 atom stereocenters. The Balaban J connectivity index is 2.38. The van der Waals surface area contributed by atoms with Crippen LogP contribution in [0.2, 0.25) is 0 Å². The first kappa shape index (κ1) is 13.7. The second kappa shape index (κ2) is 5.78. The summed E-state index contributed by atoms with van der Waals surface area (Å²) in [5, 5.41) is 7.04. The van der Waals surface area contributed by atoms with E-state index in [0.29, 0.717) is 25.8 Å². The monoisotopic (exact) mass is 259 g/mol. The van der Waals surface area contributed by atoms with Crippen molar-refractivity contribution in [2.24, 2.45) is 12.8 Å². The highest BCUT2D eigenvalue weighted by molar-refractivity contribution is 7.89. The standard InChI is InChI=1S/C9H17N5O2S/c1-14-6-9(12-7-14)17(15,16)13-5-3-2-4-8(10)11/h6-7,13H,2-5H2,1H3,(H3,10,11). The molecule has 0 saturated carbocycles. The van der Waals surface area contributed by atoms with E-state index in [1.165, 1.54) is 12.5 Å². The SMILES string of the molecule is Cn1cnc(S(=O)(=O)NCCCCC(=N)N)c1. The number of hydrogen-bond donors (Lipinski definition) is 3. The zero-order valence-electron chi connectivity index (χ0n) is 9.68. The van der Waals surface area contributed by atoms with E-state index in [0.717, 1.165) is 0 Å². The fourth-order valence-corrected chi connectivity index (χ4v) is 2.30. The Morgan fingerprint density at radius 1 is 1.59 bits per heavy atom. The van der Waals surface area contributed by atoms with Crippen LogP contribution >= 0.6 is 0 Å². The minimum Gasteiger partial charge on any atom is -0.388 e. The number of nitrogens with zero attached hydrogens (tertiary/aromatic N) is 2. The van der Waals surface area contributed by atoms with Crippen LogP contribution in [0.4, 0.5) is 0 Å². The maximum Gasteiger partial charge on any atom is 0.259 e. The summed E-state index contributed by atoms with van der Waals surface area (Å²) in [7, 11) is -1.80. The number of aryl methyl sites for hydroxylation is 1. The molecular formula is C9H17N5O2S. The second-order valence-corrected chi connectivity index (χ2v) is 5.47. The number of imidazole rings is 1. The molecule has 0 bridgehead atoms. The van der Waals surface area contributed by atoms with E-state index in [1.807, 2.05) is 0 Å². The lowest BCUT2D eigenvalue weighted by Gasteiger charge is -2.03. The van der Waals surface area contributed by atoms with Crippen molar-refractivity contribution in [1.82, 2.24) is 14.3 Å². The molecule has 0 aromatic carbocycles. The first-order valence-corrected chi connectivity index (χ1v) is 6.70. The van der Waals surface area contributed by atoms with Gasteiger partial charge in [-0.3, -0.25) is 5.41 Å². The normalized spacial score (nSPS) is 11.6. The first-order valence-electron chi connectivity index (χ1n) is 5.22. The van der Waals surface area contributed by atoms with Crippen molar-refractivity contribution in [3.63, 3.8) is 0 Å². The van der Waals surface area contributed by atoms with Crippen LogP contribution in [0.25, 0.3) is 0 Å². The summed E-state index contributed by atoms with van der Waals surface area (Å²) in [6.07, 6.45) is 4.71. The van der Waals surface area contributed by atoms with E-state index in [4.69, 9.17) is 11.1 Å². The minimum absolute atomic E-state index is 0.0200. The lowest BCUT2D eigenvalue weighted by atomic mass is 10.2. The van der Waals surface area contributed by atoms with Gasteiger partial charge in [-0.2, -0.15) is 0 Å². The number of nitrogens with two attached hydrogens (primary N) is 1. The van der Waals surface area contributed by atoms with Gasteiger partial charge >= 0.3 is 0 Å². The third kappa shape index (κ3) is 4.53. The van der Waals surface area contributed by atoms with Crippen LogP contribution in [0.15, 0.2) is 17.6 Å². The van der Waals surface area contributed by atoms with Gasteiger partial charge in [0.1, 0.15) is 0 Å². The Labute approximate surface area is 101 Å². The average Bonchev–Trinajstić information content (AvgIpc) is 2.64. The molecule has 4 N–H and O–H groups in total. The summed E-state index contributed by atoms with van der Waals surface area (Å²) in [5.41, 5.74) is 5.19. The summed E-state index contributed by atoms with van der Waals surface area (Å²) in [4.78, 5) is 3.77. The summed E-state index contributed by atoms with van der Waals surface area (Å²) >= 11 is 0. The molecule has 96 valence electrons. The highest BCUT2D eigenvalue weighted by atomic mass is 32.2. The molecule has 1 aromatic rings. The molecule has 1 heterocycles. The summed E-state index contributed by atoms with van der Waals surface area (Å²) in [5.74, 6) is 0.123. The van der Waals surface area contributed by atoms with Crippen LogP contribution in [-0.2, 0) is 17.1 Å². The van der Waals surface area contributed by atoms with Gasteiger partial charge < -0.3 is 10.3 Å². The van der Waals surface area contributed by atoms with Gasteiger partial charge in [-0.1, -0.05) is 0 Å². The molecule has 7 nitrogen and oxygen atoms in total. The van der Waals surface area contributed by atoms with Gasteiger partial charge in [0.05, 0.1) is 12.2 Å². The maximum atomic E-state index is 11.7. The van der Waals surface area contributed by atoms with Crippen LogP contribution in [0.1, 0.15) is 19.3 Å². The molecule has 0 aliphatic carbocycles. The zero-order chi connectivity index (χ0) is 12.9. The quantitative estimate of drug-likeness (QED) is 0.357. The van der Waals surface area contributed by atoms with Gasteiger partial charge in [-0.05, 0) is 12.8 Å². The molecule has 0 aliphatic rings. The van der Waals surface area contributed by atoms with Gasteiger partial charge in [0.25, 0.3) is 10.0 Å². The van der Waals surface area contributed by atoms with Gasteiger partial charge in [0.2, 0.25) is 0 Å². The number of hydrogen-bond acceptors (Lipinski definition) is 4. The number of unbranched alkanes of at least 4 members (excludes halogenated alkanes) is 1. The van der Waals surface area contributed by atoms with E-state index in [1.54, 1.807) is 11.6 Å². The molecule has 0 saturated heterocycles. The van der Waals surface area contributed by atoms with E-state index >= 15 is 0 Å². The van der Waals surface area contributed by atoms with E-state index < -0.39 is 10.0 Å². The molecule has 0 unspecified atom stereocenters. The third-order valence-electron chi connectivity index (χ3n) is 2.12. The molecule has 1 rings (SSSR count). The van der Waals surface area contributed by atoms with Crippen molar-refractivity contribution >= 4 is 15.9 Å². The minimum atomic E-state index is -3.51. The van der Waals surface area contributed by atoms with Crippen LogP contribution in [-0.4, -0.2) is 30.3 Å². The Hall–Kier alpha value is -1.41. The fraction of sp³-hybridized carbons (Fsp3) is 0.556. The van der Waals surface area contributed by atoms with Crippen LogP contribution < -0.4 is 10.5 Å². The molecule has 0 aliphatic heterocycles. The predicted molar refractivity (Wildman–Crippen MR) is 64.2 cm³/mol. The van der Waals surface area contributed by atoms with Crippen molar-refractivity contribution in [3.8, 4) is 0 Å². The molecule has 0 radical (unpaired) electrons. The van der Waals surface area contributed by atoms with E-state index in [2.05, 4.69) is 9.71 Å². The van der Waals surface area contributed by atoms with E-state index in [-0.39, 0.29) is 10.9 Å². The lowest BCUT2D eigenvalue weighted by molar-refractivity contribution is 0.574. The van der Waals surface area contributed by atoms with Crippen molar-refractivity contribution in [2.75, 3.05) is 6.54 Å². The fourth-order valence-electron chi connectivity index (χ4n) is 1.25. The Morgan fingerprint density at radius 2 is 2.29 bits per heavy atom. The molecule has 0 amide bonds. The smallest absolute Gasteiger partial charge is 0.259 e. The first-order chi connectivity index (χ1) is 7.92. The number of amidine groups is 1. The van der Waals surface area contributed by atoms with Gasteiger partial charge in [0, 0.05) is 26.2 Å². The lowest BCUT2D eigenvalue weighted by Crippen LogP contribution is -2.25. The van der Waals surface area contributed by atoms with Crippen molar-refractivity contribution < 1.29 is 8.42 Å². The summed E-state index contributed by atoms with van der Waals surface area (Å²) in [6.45, 7) is 0.326.